The van der Waals surface area contributed by atoms with Crippen molar-refractivity contribution in [2.45, 2.75) is 11.8 Å². The van der Waals surface area contributed by atoms with Gasteiger partial charge in [-0.3, -0.25) is 9.69 Å². The average molecular weight is 488 g/mol. The van der Waals surface area contributed by atoms with Crippen LogP contribution >= 0.6 is 35.3 Å². The molecule has 162 valence electrons. The van der Waals surface area contributed by atoms with Crippen LogP contribution in [0.1, 0.15) is 5.56 Å². The number of sulfone groups is 1. The monoisotopic (exact) mass is 487 g/mol. The summed E-state index contributed by atoms with van der Waals surface area (Å²) in [6.45, 7) is 2.79. The lowest BCUT2D eigenvalue weighted by Gasteiger charge is -2.22. The number of fused-ring (bicyclic) bond motifs is 1. The Labute approximate surface area is 191 Å². The van der Waals surface area contributed by atoms with Crippen molar-refractivity contribution in [3.8, 4) is 0 Å². The molecular formula is C20H23Cl2N3O3S2. The minimum atomic E-state index is -3.75. The van der Waals surface area contributed by atoms with E-state index in [1.165, 1.54) is 28.4 Å². The second-order valence-corrected chi connectivity index (χ2v) is 10.5. The number of carbonyl (C=O) groups is 1. The molecule has 0 radical (unpaired) electrons. The summed E-state index contributed by atoms with van der Waals surface area (Å²) in [6, 6.07) is 11.8. The maximum absolute atomic E-state index is 13.0. The van der Waals surface area contributed by atoms with Crippen molar-refractivity contribution in [3.05, 3.63) is 53.1 Å². The molecule has 0 atom stereocenters. The number of likely N-dealkylation sites (N-methyl/N-ethyl adjacent to an activating group) is 1. The van der Waals surface area contributed by atoms with Crippen molar-refractivity contribution >= 4 is 66.4 Å². The highest BCUT2D eigenvalue weighted by Crippen LogP contribution is 2.31. The first-order valence-electron chi connectivity index (χ1n) is 8.96. The van der Waals surface area contributed by atoms with Gasteiger partial charge in [-0.15, -0.1) is 12.4 Å². The van der Waals surface area contributed by atoms with E-state index < -0.39 is 21.5 Å². The van der Waals surface area contributed by atoms with Gasteiger partial charge in [-0.1, -0.05) is 40.6 Å². The first-order chi connectivity index (χ1) is 13.7. The number of anilines is 1. The Morgan fingerprint density at radius 1 is 1.10 bits per heavy atom. The summed E-state index contributed by atoms with van der Waals surface area (Å²) >= 11 is 7.37. The molecule has 0 saturated heterocycles. The Kier molecular flexibility index (Phi) is 8.24. The smallest absolute Gasteiger partial charge is 0.244 e. The maximum atomic E-state index is 13.0. The molecular weight excluding hydrogens is 465 g/mol. The largest absolute Gasteiger partial charge is 0.308 e. The number of hydrogen-bond donors (Lipinski definition) is 0. The fraction of sp³-hybridized carbons (Fsp3) is 0.300. The molecule has 0 unspecified atom stereocenters. The van der Waals surface area contributed by atoms with E-state index in [9.17, 15) is 13.2 Å². The fourth-order valence-corrected chi connectivity index (χ4v) is 5.18. The van der Waals surface area contributed by atoms with Crippen molar-refractivity contribution in [2.24, 2.45) is 0 Å². The molecule has 0 saturated carbocycles. The predicted octanol–water partition coefficient (Wildman–Crippen LogP) is 4.05. The Morgan fingerprint density at radius 3 is 2.40 bits per heavy atom. The summed E-state index contributed by atoms with van der Waals surface area (Å²) in [4.78, 5) is 21.1. The Hall–Kier alpha value is -1.71. The van der Waals surface area contributed by atoms with Gasteiger partial charge < -0.3 is 4.90 Å². The number of amides is 1. The minimum Gasteiger partial charge on any atom is -0.308 e. The lowest BCUT2D eigenvalue weighted by molar-refractivity contribution is -0.116. The summed E-state index contributed by atoms with van der Waals surface area (Å²) in [7, 11) is 0.0317. The third-order valence-electron chi connectivity index (χ3n) is 4.34. The van der Waals surface area contributed by atoms with Crippen molar-refractivity contribution in [1.29, 1.82) is 0 Å². The van der Waals surface area contributed by atoms with Gasteiger partial charge in [-0.2, -0.15) is 0 Å². The SMILES string of the molecule is Cc1ccc(S(=O)(=O)CC(=O)N(CCN(C)C)c2nc3ccc(Cl)cc3s2)cc1.Cl. The number of halogens is 2. The van der Waals surface area contributed by atoms with Gasteiger partial charge in [0.05, 0.1) is 15.1 Å². The maximum Gasteiger partial charge on any atom is 0.244 e. The molecule has 0 aliphatic carbocycles. The van der Waals surface area contributed by atoms with E-state index in [1.807, 2.05) is 25.9 Å². The summed E-state index contributed by atoms with van der Waals surface area (Å²) in [5.41, 5.74) is 1.68. The number of hydrogen-bond acceptors (Lipinski definition) is 6. The highest BCUT2D eigenvalue weighted by Gasteiger charge is 2.26. The van der Waals surface area contributed by atoms with E-state index >= 15 is 0 Å². The van der Waals surface area contributed by atoms with Gasteiger partial charge in [0, 0.05) is 18.1 Å². The standard InChI is InChI=1S/C20H22ClN3O3S2.ClH/c1-14-4-7-16(8-5-14)29(26,27)13-19(25)24(11-10-23(2)3)20-22-17-9-6-15(21)12-18(17)28-20;/h4-9,12H,10-11,13H2,1-3H3;1H. The lowest BCUT2D eigenvalue weighted by Crippen LogP contribution is -2.40. The second-order valence-electron chi connectivity index (χ2n) is 7.03. The van der Waals surface area contributed by atoms with Gasteiger partial charge >= 0.3 is 0 Å². The number of aromatic nitrogens is 1. The molecule has 1 aromatic heterocycles. The molecule has 0 aliphatic heterocycles. The second kappa shape index (κ2) is 10.1. The van der Waals surface area contributed by atoms with Gasteiger partial charge in [-0.05, 0) is 51.4 Å². The zero-order chi connectivity index (χ0) is 21.2. The van der Waals surface area contributed by atoms with Gasteiger partial charge in [0.1, 0.15) is 5.75 Å². The fourth-order valence-electron chi connectivity index (χ4n) is 2.70. The van der Waals surface area contributed by atoms with Gasteiger partial charge in [0.2, 0.25) is 5.91 Å². The van der Waals surface area contributed by atoms with Crippen LogP contribution in [0.5, 0.6) is 0 Å². The van der Waals surface area contributed by atoms with E-state index in [4.69, 9.17) is 11.6 Å². The van der Waals surface area contributed by atoms with Crippen LogP contribution in [0.3, 0.4) is 0 Å². The van der Waals surface area contributed by atoms with Crippen LogP contribution in [-0.4, -0.2) is 57.1 Å². The Balaban J connectivity index is 0.00000320. The molecule has 6 nitrogen and oxygen atoms in total. The van der Waals surface area contributed by atoms with Crippen LogP contribution in [0.15, 0.2) is 47.4 Å². The van der Waals surface area contributed by atoms with Gasteiger partial charge in [0.15, 0.2) is 15.0 Å². The zero-order valence-electron chi connectivity index (χ0n) is 16.8. The van der Waals surface area contributed by atoms with E-state index in [1.54, 1.807) is 30.3 Å². The Bertz CT molecular complexity index is 1130. The summed E-state index contributed by atoms with van der Waals surface area (Å²) in [5, 5.41) is 1.05. The topological polar surface area (TPSA) is 70.6 Å². The number of thiazole rings is 1. The van der Waals surface area contributed by atoms with E-state index in [-0.39, 0.29) is 17.3 Å². The first-order valence-corrected chi connectivity index (χ1v) is 11.8. The molecule has 1 amide bonds. The molecule has 0 fully saturated rings. The van der Waals surface area contributed by atoms with E-state index in [2.05, 4.69) is 4.98 Å². The highest BCUT2D eigenvalue weighted by atomic mass is 35.5. The predicted molar refractivity (Wildman–Crippen MR) is 126 cm³/mol. The van der Waals surface area contributed by atoms with Gasteiger partial charge in [0.25, 0.3) is 0 Å². The third kappa shape index (κ3) is 5.92. The van der Waals surface area contributed by atoms with Crippen LogP contribution in [0, 0.1) is 6.92 Å². The molecule has 0 aliphatic rings. The summed E-state index contributed by atoms with van der Waals surface area (Å²) in [5.74, 6) is -1.11. The average Bonchev–Trinajstić information content (AvgIpc) is 3.04. The number of rotatable bonds is 7. The molecule has 30 heavy (non-hydrogen) atoms. The quantitative estimate of drug-likeness (QED) is 0.502. The highest BCUT2D eigenvalue weighted by molar-refractivity contribution is 7.92. The normalized spacial score (nSPS) is 11.5. The molecule has 0 bridgehead atoms. The van der Waals surface area contributed by atoms with Crippen LogP contribution in [0.25, 0.3) is 10.2 Å². The minimum absolute atomic E-state index is 0. The summed E-state index contributed by atoms with van der Waals surface area (Å²) < 4.78 is 26.3. The molecule has 3 rings (SSSR count). The van der Waals surface area contributed by atoms with Crippen LogP contribution in [-0.2, 0) is 14.6 Å². The van der Waals surface area contributed by atoms with E-state index in [0.717, 1.165) is 15.8 Å². The van der Waals surface area contributed by atoms with E-state index in [0.29, 0.717) is 23.2 Å². The van der Waals surface area contributed by atoms with Crippen molar-refractivity contribution in [1.82, 2.24) is 9.88 Å². The van der Waals surface area contributed by atoms with Crippen LogP contribution in [0.4, 0.5) is 5.13 Å². The van der Waals surface area contributed by atoms with Crippen molar-refractivity contribution in [3.63, 3.8) is 0 Å². The molecule has 0 N–H and O–H groups in total. The first kappa shape index (κ1) is 24.6. The number of benzene rings is 2. The van der Waals surface area contributed by atoms with Crippen molar-refractivity contribution < 1.29 is 13.2 Å². The molecule has 0 spiro atoms. The number of nitrogens with zero attached hydrogens (tertiary/aromatic N) is 3. The van der Waals surface area contributed by atoms with Gasteiger partial charge in [-0.25, -0.2) is 13.4 Å². The van der Waals surface area contributed by atoms with Crippen LogP contribution < -0.4 is 4.90 Å². The zero-order valence-corrected chi connectivity index (χ0v) is 20.0. The van der Waals surface area contributed by atoms with Crippen molar-refractivity contribution in [2.75, 3.05) is 37.8 Å². The Morgan fingerprint density at radius 2 is 1.77 bits per heavy atom. The molecule has 3 aromatic rings. The number of aryl methyl sites for hydroxylation is 1. The van der Waals surface area contributed by atoms with Crippen LogP contribution in [0.2, 0.25) is 5.02 Å². The summed E-state index contributed by atoms with van der Waals surface area (Å²) in [6.07, 6.45) is 0. The number of carbonyl (C=O) groups excluding carboxylic acids is 1. The molecule has 2 aromatic carbocycles. The molecule has 10 heteroatoms. The lowest BCUT2D eigenvalue weighted by atomic mass is 10.2. The third-order valence-corrected chi connectivity index (χ3v) is 7.23. The molecule has 1 heterocycles.